The van der Waals surface area contributed by atoms with E-state index < -0.39 is 0 Å². The van der Waals surface area contributed by atoms with Crippen LogP contribution in [0.2, 0.25) is 0 Å². The molecule has 1 heterocycles. The van der Waals surface area contributed by atoms with Gasteiger partial charge in [0.15, 0.2) is 5.79 Å². The second-order valence-corrected chi connectivity index (χ2v) is 3.18. The summed E-state index contributed by atoms with van der Waals surface area (Å²) in [6.45, 7) is 7.19. The zero-order chi connectivity index (χ0) is 8.32. The lowest BCUT2D eigenvalue weighted by Crippen LogP contribution is -2.42. The third-order valence-electron chi connectivity index (χ3n) is 2.38. The van der Waals surface area contributed by atoms with Gasteiger partial charge in [-0.3, -0.25) is 0 Å². The number of rotatable bonds is 2. The standard InChI is InChI=1S/C9H18O2/c1-4-9(5-2)10-7-6-8(3)11-9/h8H,4-7H2,1-3H3. The predicted molar refractivity (Wildman–Crippen MR) is 44.4 cm³/mol. The lowest BCUT2D eigenvalue weighted by atomic mass is 10.1. The second-order valence-electron chi connectivity index (χ2n) is 3.18. The smallest absolute Gasteiger partial charge is 0.168 e. The molecule has 1 aliphatic heterocycles. The maximum atomic E-state index is 5.75. The van der Waals surface area contributed by atoms with E-state index in [0.29, 0.717) is 6.10 Å². The molecule has 0 saturated carbocycles. The Balaban J connectivity index is 2.52. The van der Waals surface area contributed by atoms with Crippen LogP contribution in [0, 0.1) is 0 Å². The molecule has 0 aromatic rings. The molecule has 1 unspecified atom stereocenters. The molecule has 1 atom stereocenters. The van der Waals surface area contributed by atoms with E-state index in [9.17, 15) is 0 Å². The first-order valence-corrected chi connectivity index (χ1v) is 4.54. The summed E-state index contributed by atoms with van der Waals surface area (Å²) in [7, 11) is 0. The molecule has 0 aliphatic carbocycles. The Bertz CT molecular complexity index is 119. The Morgan fingerprint density at radius 1 is 1.36 bits per heavy atom. The van der Waals surface area contributed by atoms with Crippen LogP contribution in [-0.4, -0.2) is 18.5 Å². The van der Waals surface area contributed by atoms with Crippen LogP contribution in [-0.2, 0) is 9.47 Å². The third kappa shape index (κ3) is 1.94. The fourth-order valence-corrected chi connectivity index (χ4v) is 1.49. The normalized spacial score (nSPS) is 30.3. The molecule has 1 fully saturated rings. The van der Waals surface area contributed by atoms with E-state index >= 15 is 0 Å². The summed E-state index contributed by atoms with van der Waals surface area (Å²) in [4.78, 5) is 0. The molecule has 0 radical (unpaired) electrons. The molecular weight excluding hydrogens is 140 g/mol. The second kappa shape index (κ2) is 3.55. The summed E-state index contributed by atoms with van der Waals surface area (Å²) in [5, 5.41) is 0. The topological polar surface area (TPSA) is 18.5 Å². The van der Waals surface area contributed by atoms with Crippen LogP contribution in [0.4, 0.5) is 0 Å². The highest BCUT2D eigenvalue weighted by Crippen LogP contribution is 2.28. The fourth-order valence-electron chi connectivity index (χ4n) is 1.49. The average molecular weight is 158 g/mol. The van der Waals surface area contributed by atoms with Crippen LogP contribution >= 0.6 is 0 Å². The first kappa shape index (κ1) is 9.01. The molecule has 1 rings (SSSR count). The molecular formula is C9H18O2. The molecule has 0 bridgehead atoms. The van der Waals surface area contributed by atoms with Crippen molar-refractivity contribution in [3.8, 4) is 0 Å². The van der Waals surface area contributed by atoms with Crippen molar-refractivity contribution in [1.29, 1.82) is 0 Å². The maximum Gasteiger partial charge on any atom is 0.168 e. The van der Waals surface area contributed by atoms with Gasteiger partial charge in [0.1, 0.15) is 0 Å². The Kier molecular flexibility index (Phi) is 2.90. The van der Waals surface area contributed by atoms with Gasteiger partial charge in [-0.25, -0.2) is 0 Å². The van der Waals surface area contributed by atoms with Crippen LogP contribution in [0.5, 0.6) is 0 Å². The Morgan fingerprint density at radius 3 is 2.36 bits per heavy atom. The summed E-state index contributed by atoms with van der Waals surface area (Å²) in [6.07, 6.45) is 3.30. The first-order chi connectivity index (χ1) is 5.22. The van der Waals surface area contributed by atoms with Gasteiger partial charge in [0.2, 0.25) is 0 Å². The summed E-state index contributed by atoms with van der Waals surface area (Å²) >= 11 is 0. The molecule has 0 aromatic carbocycles. The molecule has 0 N–H and O–H groups in total. The quantitative estimate of drug-likeness (QED) is 0.614. The summed E-state index contributed by atoms with van der Waals surface area (Å²) < 4.78 is 11.4. The van der Waals surface area contributed by atoms with Gasteiger partial charge in [0.05, 0.1) is 12.7 Å². The Morgan fingerprint density at radius 2 is 2.00 bits per heavy atom. The SMILES string of the molecule is CCC1(CC)OCCC(C)O1. The van der Waals surface area contributed by atoms with Gasteiger partial charge in [-0.1, -0.05) is 13.8 Å². The van der Waals surface area contributed by atoms with Gasteiger partial charge in [0.25, 0.3) is 0 Å². The number of hydrogen-bond donors (Lipinski definition) is 0. The van der Waals surface area contributed by atoms with Crippen molar-refractivity contribution < 1.29 is 9.47 Å². The van der Waals surface area contributed by atoms with Crippen LogP contribution < -0.4 is 0 Å². The van der Waals surface area contributed by atoms with E-state index in [1.54, 1.807) is 0 Å². The molecule has 0 amide bonds. The van der Waals surface area contributed by atoms with Crippen LogP contribution in [0.25, 0.3) is 0 Å². The van der Waals surface area contributed by atoms with Crippen molar-refractivity contribution in [2.24, 2.45) is 0 Å². The molecule has 11 heavy (non-hydrogen) atoms. The van der Waals surface area contributed by atoms with E-state index in [1.165, 1.54) is 0 Å². The number of hydrogen-bond acceptors (Lipinski definition) is 2. The number of ether oxygens (including phenoxy) is 2. The van der Waals surface area contributed by atoms with E-state index in [0.717, 1.165) is 25.9 Å². The minimum absolute atomic E-state index is 0.266. The van der Waals surface area contributed by atoms with E-state index in [-0.39, 0.29) is 5.79 Å². The third-order valence-corrected chi connectivity index (χ3v) is 2.38. The lowest BCUT2D eigenvalue weighted by Gasteiger charge is -2.39. The van der Waals surface area contributed by atoms with Crippen molar-refractivity contribution in [1.82, 2.24) is 0 Å². The molecule has 2 heteroatoms. The molecule has 66 valence electrons. The molecule has 1 aliphatic rings. The minimum atomic E-state index is -0.266. The predicted octanol–water partition coefficient (Wildman–Crippen LogP) is 2.33. The van der Waals surface area contributed by atoms with E-state index in [4.69, 9.17) is 9.47 Å². The van der Waals surface area contributed by atoms with Gasteiger partial charge in [-0.05, 0) is 26.2 Å². The van der Waals surface area contributed by atoms with Crippen molar-refractivity contribution in [3.05, 3.63) is 0 Å². The Labute approximate surface area is 68.9 Å². The highest BCUT2D eigenvalue weighted by molar-refractivity contribution is 4.72. The molecule has 0 aromatic heterocycles. The first-order valence-electron chi connectivity index (χ1n) is 4.54. The van der Waals surface area contributed by atoms with Crippen molar-refractivity contribution in [2.75, 3.05) is 6.61 Å². The molecule has 2 nitrogen and oxygen atoms in total. The zero-order valence-electron chi connectivity index (χ0n) is 7.72. The highest BCUT2D eigenvalue weighted by Gasteiger charge is 2.33. The lowest BCUT2D eigenvalue weighted by molar-refractivity contribution is -0.292. The van der Waals surface area contributed by atoms with Gasteiger partial charge in [0, 0.05) is 0 Å². The highest BCUT2D eigenvalue weighted by atomic mass is 16.7. The largest absolute Gasteiger partial charge is 0.350 e. The minimum Gasteiger partial charge on any atom is -0.350 e. The van der Waals surface area contributed by atoms with Crippen molar-refractivity contribution in [2.45, 2.75) is 51.9 Å². The monoisotopic (exact) mass is 158 g/mol. The summed E-state index contributed by atoms with van der Waals surface area (Å²) in [6, 6.07) is 0. The van der Waals surface area contributed by atoms with Crippen molar-refractivity contribution >= 4 is 0 Å². The average Bonchev–Trinajstić information content (AvgIpc) is 2.04. The van der Waals surface area contributed by atoms with E-state index in [2.05, 4.69) is 20.8 Å². The van der Waals surface area contributed by atoms with Gasteiger partial charge in [-0.15, -0.1) is 0 Å². The van der Waals surface area contributed by atoms with Gasteiger partial charge in [-0.2, -0.15) is 0 Å². The van der Waals surface area contributed by atoms with Gasteiger partial charge >= 0.3 is 0 Å². The fraction of sp³-hybridized carbons (Fsp3) is 1.00. The van der Waals surface area contributed by atoms with Crippen LogP contribution in [0.1, 0.15) is 40.0 Å². The van der Waals surface area contributed by atoms with Gasteiger partial charge < -0.3 is 9.47 Å². The Hall–Kier alpha value is -0.0800. The van der Waals surface area contributed by atoms with E-state index in [1.807, 2.05) is 0 Å². The summed E-state index contributed by atoms with van der Waals surface area (Å²) in [5.41, 5.74) is 0. The van der Waals surface area contributed by atoms with Crippen molar-refractivity contribution in [3.63, 3.8) is 0 Å². The zero-order valence-corrected chi connectivity index (χ0v) is 7.72. The maximum absolute atomic E-state index is 5.75. The summed E-state index contributed by atoms with van der Waals surface area (Å²) in [5.74, 6) is -0.266. The molecule has 0 spiro atoms. The van der Waals surface area contributed by atoms with Crippen LogP contribution in [0.15, 0.2) is 0 Å². The molecule has 1 saturated heterocycles. The van der Waals surface area contributed by atoms with Crippen LogP contribution in [0.3, 0.4) is 0 Å².